The van der Waals surface area contributed by atoms with Crippen molar-refractivity contribution in [3.05, 3.63) is 88.7 Å². The number of halogens is 4. The minimum absolute atomic E-state index is 0.0345. The number of aliphatic hydroxyl groups excluding tert-OH is 1. The van der Waals surface area contributed by atoms with Gasteiger partial charge in [-0.15, -0.1) is 0 Å². The normalized spacial score (nSPS) is 11.5. The molecule has 0 fully saturated rings. The largest absolute Gasteiger partial charge is 0.490 e. The zero-order chi connectivity index (χ0) is 43.6. The van der Waals surface area contributed by atoms with Gasteiger partial charge in [0.15, 0.2) is 23.7 Å². The molecule has 0 aliphatic rings. The Hall–Kier alpha value is -5.59. The molecule has 3 aromatic carbocycles. The fourth-order valence-corrected chi connectivity index (χ4v) is 4.09. The van der Waals surface area contributed by atoms with Gasteiger partial charge in [-0.1, -0.05) is 39.0 Å². The SMILES string of the molecule is CC.CCO.CCc1cc(OCC(C)N(C)C)c(F)c(C(Nc2ccc(C(=N)N)cc2)/C(=N/N(C)c2ccccc2C=O)NC=O)c1.CN.O=C(O)C(F)(F)F. The van der Waals surface area contributed by atoms with Gasteiger partial charge in [0.05, 0.1) is 5.69 Å². The molecule has 312 valence electrons. The number of benzene rings is 3. The monoisotopic (exact) mass is 796 g/mol. The van der Waals surface area contributed by atoms with E-state index in [0.29, 0.717) is 41.6 Å². The van der Waals surface area contributed by atoms with E-state index >= 15 is 4.39 Å². The first-order chi connectivity index (χ1) is 26.4. The number of carbonyl (C=O) groups is 3. The van der Waals surface area contributed by atoms with E-state index in [9.17, 15) is 22.8 Å². The van der Waals surface area contributed by atoms with Crippen LogP contribution in [0.1, 0.15) is 67.7 Å². The molecule has 18 heteroatoms. The van der Waals surface area contributed by atoms with Gasteiger partial charge in [0.1, 0.15) is 18.5 Å². The zero-order valence-corrected chi connectivity index (χ0v) is 33.2. The molecule has 3 aromatic rings. The summed E-state index contributed by atoms with van der Waals surface area (Å²) in [5, 5.41) is 34.3. The van der Waals surface area contributed by atoms with Gasteiger partial charge >= 0.3 is 12.1 Å². The summed E-state index contributed by atoms with van der Waals surface area (Å²) in [5.74, 6) is -3.29. The number of alkyl halides is 3. The summed E-state index contributed by atoms with van der Waals surface area (Å²) in [4.78, 5) is 34.4. The van der Waals surface area contributed by atoms with Crippen LogP contribution in [0.25, 0.3) is 0 Å². The number of hydrogen-bond acceptors (Lipinski definition) is 11. The number of likely N-dealkylation sites (N-methyl/N-ethyl adjacent to an activating group) is 1. The van der Waals surface area contributed by atoms with Crippen molar-refractivity contribution < 1.29 is 46.9 Å². The third kappa shape index (κ3) is 18.2. The number of anilines is 2. The number of hydrazone groups is 1. The number of carboxylic acid groups (broad SMARTS) is 1. The van der Waals surface area contributed by atoms with Crippen LogP contribution in [0.4, 0.5) is 28.9 Å². The third-order valence-corrected chi connectivity index (χ3v) is 7.11. The molecular weight excluding hydrogens is 740 g/mol. The van der Waals surface area contributed by atoms with Gasteiger partial charge in [-0.3, -0.25) is 20.0 Å². The summed E-state index contributed by atoms with van der Waals surface area (Å²) in [6.07, 6.45) is -3.31. The van der Waals surface area contributed by atoms with E-state index < -0.39 is 24.0 Å². The van der Waals surface area contributed by atoms with Crippen molar-refractivity contribution >= 4 is 41.7 Å². The number of hydrogen-bond donors (Lipinski definition) is 7. The number of amidine groups is 2. The second kappa shape index (κ2) is 27.9. The lowest BCUT2D eigenvalue weighted by atomic mass is 9.99. The van der Waals surface area contributed by atoms with Crippen LogP contribution in [0.2, 0.25) is 0 Å². The number of carbonyl (C=O) groups excluding carboxylic acids is 2. The molecular formula is C38H56F4N8O6. The van der Waals surface area contributed by atoms with Gasteiger partial charge in [0, 0.05) is 42.1 Å². The molecule has 0 aromatic heterocycles. The highest BCUT2D eigenvalue weighted by Crippen LogP contribution is 2.32. The Morgan fingerprint density at radius 3 is 2.02 bits per heavy atom. The number of ether oxygens (including phenoxy) is 1. The number of rotatable bonds is 14. The zero-order valence-electron chi connectivity index (χ0n) is 33.2. The number of nitrogen functional groups attached to an aromatic ring is 1. The molecule has 0 aliphatic heterocycles. The lowest BCUT2D eigenvalue weighted by Gasteiger charge is -2.26. The van der Waals surface area contributed by atoms with Crippen LogP contribution in [0.15, 0.2) is 65.8 Å². The van der Waals surface area contributed by atoms with Gasteiger partial charge < -0.3 is 42.0 Å². The lowest BCUT2D eigenvalue weighted by Crippen LogP contribution is -2.36. The molecule has 14 nitrogen and oxygen atoms in total. The predicted molar refractivity (Wildman–Crippen MR) is 213 cm³/mol. The van der Waals surface area contributed by atoms with Gasteiger partial charge in [-0.05, 0) is 89.4 Å². The number of aliphatic hydroxyl groups is 1. The second-order valence-electron chi connectivity index (χ2n) is 11.1. The molecule has 0 aliphatic carbocycles. The van der Waals surface area contributed by atoms with Gasteiger partial charge in [-0.2, -0.15) is 18.3 Å². The maximum Gasteiger partial charge on any atom is 0.490 e. The molecule has 3 rings (SSSR count). The Bertz CT molecular complexity index is 1660. The summed E-state index contributed by atoms with van der Waals surface area (Å²) in [7, 11) is 6.97. The van der Waals surface area contributed by atoms with E-state index in [2.05, 4.69) is 21.5 Å². The van der Waals surface area contributed by atoms with Gasteiger partial charge in [0.2, 0.25) is 6.41 Å². The summed E-state index contributed by atoms with van der Waals surface area (Å²) in [6.45, 7) is 10.1. The standard InChI is InChI=1S/C31H38FN7O3.C2HF3O2.C2H6O.C2H6.CH5N/c1-6-21-15-25(28(32)27(16-21)42-18-20(2)38(3)4)29(36-24-13-11-22(12-14-24)30(33)34)31(35-19-41)37-39(5)26-10-8-7-9-23(26)17-40;3-2(4,5)1(6)7;1-2-3;2*1-2/h7-17,19-20,29,36H,6,18H2,1-5H3,(H3,33,34)(H,35,37,41);(H,6,7);3H,2H2,1H3;1-2H3;2H2,1H3. The maximum atomic E-state index is 16.3. The number of aldehydes is 1. The molecule has 0 radical (unpaired) electrons. The molecule has 9 N–H and O–H groups in total. The number of nitrogens with one attached hydrogen (secondary N) is 3. The summed E-state index contributed by atoms with van der Waals surface area (Å²) in [6, 6.07) is 16.0. The molecule has 0 saturated carbocycles. The lowest BCUT2D eigenvalue weighted by molar-refractivity contribution is -0.192. The third-order valence-electron chi connectivity index (χ3n) is 7.11. The van der Waals surface area contributed by atoms with E-state index in [1.54, 1.807) is 74.6 Å². The van der Waals surface area contributed by atoms with E-state index in [0.717, 1.165) is 5.56 Å². The van der Waals surface area contributed by atoms with E-state index in [1.165, 1.54) is 12.1 Å². The minimum Gasteiger partial charge on any atom is -0.489 e. The van der Waals surface area contributed by atoms with Crippen LogP contribution >= 0.6 is 0 Å². The van der Waals surface area contributed by atoms with Crippen molar-refractivity contribution in [2.75, 3.05) is 51.7 Å². The molecule has 56 heavy (non-hydrogen) atoms. The van der Waals surface area contributed by atoms with Gasteiger partial charge in [0.25, 0.3) is 0 Å². The Morgan fingerprint density at radius 1 is 1.04 bits per heavy atom. The first kappa shape index (κ1) is 52.5. The van der Waals surface area contributed by atoms with Crippen molar-refractivity contribution in [1.82, 2.24) is 10.2 Å². The Balaban J connectivity index is 0. The van der Waals surface area contributed by atoms with Gasteiger partial charge in [-0.25, -0.2) is 9.18 Å². The Labute approximate surface area is 326 Å². The number of amides is 1. The number of nitrogens with zero attached hydrogens (tertiary/aromatic N) is 3. The topological polar surface area (TPSA) is 220 Å². The molecule has 0 heterocycles. The molecule has 2 unspecified atom stereocenters. The molecule has 2 atom stereocenters. The highest BCUT2D eigenvalue weighted by atomic mass is 19.4. The van der Waals surface area contributed by atoms with E-state index in [1.807, 2.05) is 46.7 Å². The van der Waals surface area contributed by atoms with Crippen molar-refractivity contribution in [3.63, 3.8) is 0 Å². The first-order valence-electron chi connectivity index (χ1n) is 17.3. The number of aliphatic carboxylic acids is 1. The Kier molecular flexibility index (Phi) is 26.2. The fraction of sp³-hybridized carbons (Fsp3) is 0.395. The van der Waals surface area contributed by atoms with Crippen molar-refractivity contribution in [3.8, 4) is 5.75 Å². The van der Waals surface area contributed by atoms with Crippen molar-refractivity contribution in [2.45, 2.75) is 59.3 Å². The van der Waals surface area contributed by atoms with Crippen LogP contribution in [0.3, 0.4) is 0 Å². The molecule has 1 amide bonds. The predicted octanol–water partition coefficient (Wildman–Crippen LogP) is 5.40. The van der Waals surface area contributed by atoms with E-state index in [-0.39, 0.29) is 42.2 Å². The number of carboxylic acids is 1. The van der Waals surface area contributed by atoms with Crippen molar-refractivity contribution in [1.29, 1.82) is 5.41 Å². The quantitative estimate of drug-likeness (QED) is 0.0360. The summed E-state index contributed by atoms with van der Waals surface area (Å²) in [5.41, 5.74) is 13.1. The fourth-order valence-electron chi connectivity index (χ4n) is 4.09. The highest BCUT2D eigenvalue weighted by Gasteiger charge is 2.38. The molecule has 0 saturated heterocycles. The first-order valence-corrected chi connectivity index (χ1v) is 17.3. The Morgan fingerprint density at radius 2 is 1.57 bits per heavy atom. The van der Waals surface area contributed by atoms with Crippen molar-refractivity contribution in [2.24, 2.45) is 16.6 Å². The highest BCUT2D eigenvalue weighted by molar-refractivity contribution is 5.98. The minimum atomic E-state index is -5.08. The molecule has 0 spiro atoms. The molecule has 0 bridgehead atoms. The van der Waals surface area contributed by atoms with Crippen LogP contribution in [0, 0.1) is 11.2 Å². The van der Waals surface area contributed by atoms with Crippen LogP contribution in [-0.4, -0.2) is 99.1 Å². The number of nitrogens with two attached hydrogens (primary N) is 2. The maximum absolute atomic E-state index is 16.3. The smallest absolute Gasteiger partial charge is 0.489 e. The summed E-state index contributed by atoms with van der Waals surface area (Å²) >= 11 is 0. The van der Waals surface area contributed by atoms with E-state index in [4.69, 9.17) is 30.9 Å². The van der Waals surface area contributed by atoms with Crippen LogP contribution in [-0.2, 0) is 16.0 Å². The van der Waals surface area contributed by atoms with Crippen LogP contribution in [0.5, 0.6) is 5.75 Å². The second-order valence-corrected chi connectivity index (χ2v) is 11.1. The van der Waals surface area contributed by atoms with Crippen LogP contribution < -0.4 is 31.8 Å². The number of para-hydroxylation sites is 1. The number of aryl methyl sites for hydroxylation is 1. The summed E-state index contributed by atoms with van der Waals surface area (Å²) < 4.78 is 54.0. The average molecular weight is 797 g/mol. The average Bonchev–Trinajstić information content (AvgIpc) is 3.18.